The molecule has 0 aliphatic carbocycles. The van der Waals surface area contributed by atoms with Crippen LogP contribution in [0.1, 0.15) is 16.7 Å². The molecule has 0 saturated heterocycles. The van der Waals surface area contributed by atoms with Gasteiger partial charge in [-0.25, -0.2) is 0 Å². The molecule has 0 aliphatic rings. The molecule has 89 valence electrons. The maximum Gasteiger partial charge on any atom is 0.233 e. The van der Waals surface area contributed by atoms with Gasteiger partial charge in [0.15, 0.2) is 0 Å². The molecule has 0 saturated carbocycles. The maximum atomic E-state index is 10.4. The second kappa shape index (κ2) is 5.82. The minimum Gasteiger partial charge on any atom is -0.497 e. The Morgan fingerprint density at radius 3 is 1.83 bits per heavy atom. The average Bonchev–Trinajstić information content (AvgIpc) is 2.46. The summed E-state index contributed by atoms with van der Waals surface area (Å²) in [7, 11) is 1.65. The van der Waals surface area contributed by atoms with Gasteiger partial charge >= 0.3 is 0 Å². The first-order valence-corrected chi connectivity index (χ1v) is 5.62. The van der Waals surface area contributed by atoms with E-state index < -0.39 is 0 Å². The van der Waals surface area contributed by atoms with E-state index in [-0.39, 0.29) is 0 Å². The summed E-state index contributed by atoms with van der Waals surface area (Å²) >= 11 is 0. The highest BCUT2D eigenvalue weighted by Crippen LogP contribution is 2.14. The van der Waals surface area contributed by atoms with E-state index in [0.717, 1.165) is 16.9 Å². The second-order valence-corrected chi connectivity index (χ2v) is 3.83. The molecule has 18 heavy (non-hydrogen) atoms. The largest absolute Gasteiger partial charge is 0.497 e. The molecule has 1 radical (unpaired) electrons. The molecule has 0 N–H and O–H groups in total. The summed E-state index contributed by atoms with van der Waals surface area (Å²) in [5, 5.41) is 0. The zero-order valence-electron chi connectivity index (χ0n) is 10.1. The van der Waals surface area contributed by atoms with Crippen LogP contribution in [0.2, 0.25) is 0 Å². The lowest BCUT2D eigenvalue weighted by Crippen LogP contribution is -1.81. The number of carbonyl (C=O) groups excluding carboxylic acids is 1. The van der Waals surface area contributed by atoms with Crippen molar-refractivity contribution in [3.05, 3.63) is 65.2 Å². The first-order valence-electron chi connectivity index (χ1n) is 5.62. The summed E-state index contributed by atoms with van der Waals surface area (Å²) in [4.78, 5) is 10.4. The maximum absolute atomic E-state index is 10.4. The Balaban J connectivity index is 2.10. The molecule has 0 fully saturated rings. The van der Waals surface area contributed by atoms with Gasteiger partial charge in [-0.2, -0.15) is 0 Å². The minimum absolute atomic E-state index is 0.566. The van der Waals surface area contributed by atoms with E-state index >= 15 is 0 Å². The second-order valence-electron chi connectivity index (χ2n) is 3.83. The van der Waals surface area contributed by atoms with Crippen molar-refractivity contribution in [1.29, 1.82) is 0 Å². The van der Waals surface area contributed by atoms with E-state index in [1.165, 1.54) is 0 Å². The van der Waals surface area contributed by atoms with Gasteiger partial charge < -0.3 is 4.74 Å². The fourth-order valence-corrected chi connectivity index (χ4v) is 1.57. The van der Waals surface area contributed by atoms with Gasteiger partial charge in [0.05, 0.1) is 7.11 Å². The summed E-state index contributed by atoms with van der Waals surface area (Å²) in [6.45, 7) is 0. The molecule has 2 heteroatoms. The van der Waals surface area contributed by atoms with Gasteiger partial charge in [0, 0.05) is 5.56 Å². The third-order valence-corrected chi connectivity index (χ3v) is 2.61. The Kier molecular flexibility index (Phi) is 3.92. The van der Waals surface area contributed by atoms with Crippen molar-refractivity contribution in [1.82, 2.24) is 0 Å². The minimum atomic E-state index is 0.566. The fraction of sp³-hybridized carbons (Fsp3) is 0.0625. The summed E-state index contributed by atoms with van der Waals surface area (Å²) < 4.78 is 5.10. The Hall–Kier alpha value is -2.35. The van der Waals surface area contributed by atoms with Crippen LogP contribution in [0.5, 0.6) is 5.75 Å². The Morgan fingerprint density at radius 1 is 0.889 bits per heavy atom. The number of hydrogen-bond donors (Lipinski definition) is 0. The summed E-state index contributed by atoms with van der Waals surface area (Å²) in [6.07, 6.45) is 5.86. The third-order valence-electron chi connectivity index (χ3n) is 2.61. The SMILES string of the molecule is COc1ccc(C=Cc2ccc([C]=O)cc2)cc1. The smallest absolute Gasteiger partial charge is 0.233 e. The van der Waals surface area contributed by atoms with Crippen molar-refractivity contribution in [2.75, 3.05) is 7.11 Å². The van der Waals surface area contributed by atoms with E-state index in [1.54, 1.807) is 19.2 Å². The lowest BCUT2D eigenvalue weighted by molar-refractivity contribution is 0.415. The van der Waals surface area contributed by atoms with Crippen LogP contribution in [0.25, 0.3) is 12.2 Å². The molecule has 2 rings (SSSR count). The first-order chi connectivity index (χ1) is 8.81. The summed E-state index contributed by atoms with van der Waals surface area (Å²) in [5.74, 6) is 0.845. The predicted molar refractivity (Wildman–Crippen MR) is 73.2 cm³/mol. The van der Waals surface area contributed by atoms with E-state index in [2.05, 4.69) is 0 Å². The zero-order valence-corrected chi connectivity index (χ0v) is 10.1. The molecule has 2 aromatic carbocycles. The normalized spacial score (nSPS) is 10.5. The number of rotatable bonds is 4. The first kappa shape index (κ1) is 12.1. The highest BCUT2D eigenvalue weighted by molar-refractivity contribution is 5.77. The van der Waals surface area contributed by atoms with Gasteiger partial charge in [-0.3, -0.25) is 4.79 Å². The predicted octanol–water partition coefficient (Wildman–Crippen LogP) is 3.32. The average molecular weight is 237 g/mol. The molecule has 0 heterocycles. The van der Waals surface area contributed by atoms with Crippen molar-refractivity contribution in [3.63, 3.8) is 0 Å². The van der Waals surface area contributed by atoms with Gasteiger partial charge in [-0.05, 0) is 23.3 Å². The van der Waals surface area contributed by atoms with Crippen molar-refractivity contribution in [2.24, 2.45) is 0 Å². The van der Waals surface area contributed by atoms with Gasteiger partial charge in [0.2, 0.25) is 6.29 Å². The van der Waals surface area contributed by atoms with Crippen molar-refractivity contribution < 1.29 is 9.53 Å². The molecule has 0 spiro atoms. The monoisotopic (exact) mass is 237 g/mol. The lowest BCUT2D eigenvalue weighted by Gasteiger charge is -1.99. The number of hydrogen-bond acceptors (Lipinski definition) is 2. The van der Waals surface area contributed by atoms with E-state index in [4.69, 9.17) is 4.74 Å². The Morgan fingerprint density at radius 2 is 1.39 bits per heavy atom. The van der Waals surface area contributed by atoms with Crippen molar-refractivity contribution >= 4 is 18.4 Å². The topological polar surface area (TPSA) is 26.3 Å². The van der Waals surface area contributed by atoms with E-state index in [0.29, 0.717) is 5.56 Å². The van der Waals surface area contributed by atoms with Crippen LogP contribution >= 0.6 is 0 Å². The summed E-state index contributed by atoms with van der Waals surface area (Å²) in [5.41, 5.74) is 2.71. The summed E-state index contributed by atoms with van der Waals surface area (Å²) in [6, 6.07) is 15.1. The highest BCUT2D eigenvalue weighted by atomic mass is 16.5. The van der Waals surface area contributed by atoms with Gasteiger partial charge in [-0.1, -0.05) is 48.6 Å². The van der Waals surface area contributed by atoms with Crippen LogP contribution in [0.4, 0.5) is 0 Å². The van der Waals surface area contributed by atoms with Crippen LogP contribution in [0, 0.1) is 0 Å². The van der Waals surface area contributed by atoms with Gasteiger partial charge in [0.1, 0.15) is 5.75 Å². The fourth-order valence-electron chi connectivity index (χ4n) is 1.57. The van der Waals surface area contributed by atoms with Crippen LogP contribution < -0.4 is 4.74 Å². The molecular weight excluding hydrogens is 224 g/mol. The number of methoxy groups -OCH3 is 1. The standard InChI is InChI=1S/C16H13O2/c1-18-16-10-8-14(9-11-16)3-2-13-4-6-15(12-17)7-5-13/h2-11H,1H3. The van der Waals surface area contributed by atoms with E-state index in [9.17, 15) is 4.79 Å². The molecule has 0 unspecified atom stereocenters. The van der Waals surface area contributed by atoms with Crippen molar-refractivity contribution in [2.45, 2.75) is 0 Å². The van der Waals surface area contributed by atoms with Crippen molar-refractivity contribution in [3.8, 4) is 5.75 Å². The molecule has 0 aliphatic heterocycles. The molecule has 0 bridgehead atoms. The Labute approximate surface area is 107 Å². The molecular formula is C16H13O2. The molecule has 0 amide bonds. The van der Waals surface area contributed by atoms with Crippen LogP contribution in [0.15, 0.2) is 48.5 Å². The molecule has 0 atom stereocenters. The van der Waals surface area contributed by atoms with Gasteiger partial charge in [-0.15, -0.1) is 0 Å². The quantitative estimate of drug-likeness (QED) is 0.762. The molecule has 2 aromatic rings. The van der Waals surface area contributed by atoms with Gasteiger partial charge in [0.25, 0.3) is 0 Å². The van der Waals surface area contributed by atoms with E-state index in [1.807, 2.05) is 54.8 Å². The van der Waals surface area contributed by atoms with Crippen LogP contribution in [0.3, 0.4) is 0 Å². The number of ether oxygens (including phenoxy) is 1. The molecule has 0 aromatic heterocycles. The van der Waals surface area contributed by atoms with Crippen LogP contribution in [-0.2, 0) is 4.79 Å². The zero-order chi connectivity index (χ0) is 12.8. The highest BCUT2D eigenvalue weighted by Gasteiger charge is 1.92. The lowest BCUT2D eigenvalue weighted by atomic mass is 10.1. The molecule has 2 nitrogen and oxygen atoms in total. The van der Waals surface area contributed by atoms with Crippen LogP contribution in [-0.4, -0.2) is 13.4 Å². The number of benzene rings is 2. The third kappa shape index (κ3) is 3.08. The Bertz CT molecular complexity index is 536.